The van der Waals surface area contributed by atoms with E-state index in [1.54, 1.807) is 0 Å². The van der Waals surface area contributed by atoms with Gasteiger partial charge in [0.05, 0.1) is 0 Å². The van der Waals surface area contributed by atoms with Crippen molar-refractivity contribution in [2.45, 2.75) is 367 Å². The minimum atomic E-state index is -0.785. The summed E-state index contributed by atoms with van der Waals surface area (Å²) in [6, 6.07) is 0. The predicted octanol–water partition coefficient (Wildman–Crippen LogP) is 24.6. The van der Waals surface area contributed by atoms with Crippen molar-refractivity contribution in [3.05, 3.63) is 85.1 Å². The number of rotatable bonds is 65. The molecular weight excluding hydrogens is 1010 g/mol. The molecule has 0 heterocycles. The third-order valence-electron chi connectivity index (χ3n) is 15.7. The summed E-state index contributed by atoms with van der Waals surface area (Å²) in [5.74, 6) is -0.891. The molecule has 0 aliphatic heterocycles. The van der Waals surface area contributed by atoms with Crippen LogP contribution >= 0.6 is 0 Å². The van der Waals surface area contributed by atoms with Crippen LogP contribution in [0.3, 0.4) is 0 Å². The van der Waals surface area contributed by atoms with Gasteiger partial charge in [0.2, 0.25) is 0 Å². The maximum atomic E-state index is 12.9. The summed E-state index contributed by atoms with van der Waals surface area (Å²) in [6.07, 6.45) is 93.7. The first-order valence-electron chi connectivity index (χ1n) is 35.6. The standard InChI is InChI=1S/C76H134O6/c1-4-7-10-13-16-18-20-22-24-26-28-30-32-34-36-37-38-40-41-43-45-47-49-51-53-55-57-60-63-66-69-75(78)81-72-73(71-80-74(77)68-65-62-59-15-12-9-6-3)82-76(79)70-67-64-61-58-56-54-52-50-48-46-44-42-39-35-33-31-29-27-25-23-21-19-17-14-11-8-5-2/h8,11,17,19,23,25,29,31,35,39,44,46,50,52,73H,4-7,9-10,12-16,18,20-22,24,26-28,30,32-34,36-38,40-43,45,47-49,51,53-72H2,1-3H3/b11-8-,19-17-,25-23-,31-29-,39-35-,46-44-,52-50-. The molecule has 0 aliphatic rings. The second-order valence-electron chi connectivity index (χ2n) is 23.8. The summed E-state index contributed by atoms with van der Waals surface area (Å²) in [5.41, 5.74) is 0. The third kappa shape index (κ3) is 67.4. The molecule has 0 saturated heterocycles. The Hall–Kier alpha value is -3.41. The summed E-state index contributed by atoms with van der Waals surface area (Å²) in [6.45, 7) is 6.51. The average molecular weight is 1140 g/mol. The largest absolute Gasteiger partial charge is 0.462 e. The Labute approximate surface area is 509 Å². The maximum Gasteiger partial charge on any atom is 0.306 e. The smallest absolute Gasteiger partial charge is 0.306 e. The van der Waals surface area contributed by atoms with Crippen molar-refractivity contribution >= 4 is 17.9 Å². The highest BCUT2D eigenvalue weighted by molar-refractivity contribution is 5.71. The lowest BCUT2D eigenvalue weighted by Crippen LogP contribution is -2.30. The molecule has 0 aromatic heterocycles. The van der Waals surface area contributed by atoms with Crippen LogP contribution in [0.1, 0.15) is 361 Å². The first-order chi connectivity index (χ1) is 40.5. The quantitative estimate of drug-likeness (QED) is 0.0261. The molecule has 82 heavy (non-hydrogen) atoms. The molecule has 1 atom stereocenters. The van der Waals surface area contributed by atoms with Crippen molar-refractivity contribution in [2.24, 2.45) is 0 Å². The summed E-state index contributed by atoms with van der Waals surface area (Å²) in [7, 11) is 0. The van der Waals surface area contributed by atoms with Crippen molar-refractivity contribution in [3.8, 4) is 0 Å². The lowest BCUT2D eigenvalue weighted by molar-refractivity contribution is -0.167. The van der Waals surface area contributed by atoms with Gasteiger partial charge in [-0.3, -0.25) is 14.4 Å². The lowest BCUT2D eigenvalue weighted by atomic mass is 10.0. The molecule has 0 amide bonds. The van der Waals surface area contributed by atoms with Crippen LogP contribution in [0.4, 0.5) is 0 Å². The molecule has 0 aliphatic carbocycles. The van der Waals surface area contributed by atoms with Gasteiger partial charge >= 0.3 is 17.9 Å². The fraction of sp³-hybridized carbons (Fsp3) is 0.776. The van der Waals surface area contributed by atoms with E-state index in [4.69, 9.17) is 14.2 Å². The number of unbranched alkanes of at least 4 members (excludes halogenated alkanes) is 40. The molecule has 0 rings (SSSR count). The Morgan fingerprint density at radius 1 is 0.256 bits per heavy atom. The zero-order valence-corrected chi connectivity index (χ0v) is 54.5. The highest BCUT2D eigenvalue weighted by Crippen LogP contribution is 2.18. The lowest BCUT2D eigenvalue weighted by Gasteiger charge is -2.18. The summed E-state index contributed by atoms with van der Waals surface area (Å²) in [5, 5.41) is 0. The fourth-order valence-electron chi connectivity index (χ4n) is 10.4. The first kappa shape index (κ1) is 78.6. The van der Waals surface area contributed by atoms with Gasteiger partial charge in [-0.15, -0.1) is 0 Å². The van der Waals surface area contributed by atoms with Gasteiger partial charge in [-0.2, -0.15) is 0 Å². The van der Waals surface area contributed by atoms with Crippen molar-refractivity contribution in [2.75, 3.05) is 13.2 Å². The van der Waals surface area contributed by atoms with Crippen LogP contribution in [-0.4, -0.2) is 37.2 Å². The molecular formula is C76H134O6. The van der Waals surface area contributed by atoms with E-state index in [9.17, 15) is 14.4 Å². The Balaban J connectivity index is 4.09. The molecule has 0 spiro atoms. The summed E-state index contributed by atoms with van der Waals surface area (Å²) >= 11 is 0. The number of hydrogen-bond donors (Lipinski definition) is 0. The van der Waals surface area contributed by atoms with Crippen LogP contribution in [0, 0.1) is 0 Å². The second kappa shape index (κ2) is 70.1. The number of esters is 3. The number of ether oxygens (including phenoxy) is 3. The topological polar surface area (TPSA) is 78.9 Å². The van der Waals surface area contributed by atoms with Crippen molar-refractivity contribution in [1.29, 1.82) is 0 Å². The van der Waals surface area contributed by atoms with Crippen molar-refractivity contribution in [1.82, 2.24) is 0 Å². The minimum absolute atomic E-state index is 0.0809. The number of hydrogen-bond acceptors (Lipinski definition) is 6. The van der Waals surface area contributed by atoms with Crippen LogP contribution in [-0.2, 0) is 28.6 Å². The van der Waals surface area contributed by atoms with E-state index >= 15 is 0 Å². The van der Waals surface area contributed by atoms with Gasteiger partial charge in [0.15, 0.2) is 6.10 Å². The molecule has 0 radical (unpaired) electrons. The van der Waals surface area contributed by atoms with E-state index in [2.05, 4.69) is 106 Å². The van der Waals surface area contributed by atoms with Gasteiger partial charge in [0, 0.05) is 19.3 Å². The zero-order chi connectivity index (χ0) is 59.2. The normalized spacial score (nSPS) is 12.6. The maximum absolute atomic E-state index is 12.9. The first-order valence-corrected chi connectivity index (χ1v) is 35.6. The fourth-order valence-corrected chi connectivity index (χ4v) is 10.4. The molecule has 0 N–H and O–H groups in total. The van der Waals surface area contributed by atoms with E-state index in [0.29, 0.717) is 19.3 Å². The minimum Gasteiger partial charge on any atom is -0.462 e. The van der Waals surface area contributed by atoms with E-state index in [1.165, 1.54) is 199 Å². The van der Waals surface area contributed by atoms with Gasteiger partial charge in [0.1, 0.15) is 13.2 Å². The summed E-state index contributed by atoms with van der Waals surface area (Å²) < 4.78 is 16.9. The highest BCUT2D eigenvalue weighted by atomic mass is 16.6. The average Bonchev–Trinajstić information content (AvgIpc) is 3.48. The van der Waals surface area contributed by atoms with Gasteiger partial charge in [-0.1, -0.05) is 350 Å². The number of allylic oxidation sites excluding steroid dienone is 14. The zero-order valence-electron chi connectivity index (χ0n) is 54.5. The third-order valence-corrected chi connectivity index (χ3v) is 15.7. The molecule has 474 valence electrons. The van der Waals surface area contributed by atoms with Crippen LogP contribution < -0.4 is 0 Å². The molecule has 0 aromatic rings. The molecule has 6 heteroatoms. The van der Waals surface area contributed by atoms with Crippen LogP contribution in [0.5, 0.6) is 0 Å². The molecule has 1 unspecified atom stereocenters. The van der Waals surface area contributed by atoms with E-state index in [-0.39, 0.29) is 31.1 Å². The predicted molar refractivity (Wildman–Crippen MR) is 358 cm³/mol. The molecule has 0 saturated carbocycles. The Morgan fingerprint density at radius 3 is 0.744 bits per heavy atom. The molecule has 0 bridgehead atoms. The van der Waals surface area contributed by atoms with Crippen LogP contribution in [0.25, 0.3) is 0 Å². The second-order valence-corrected chi connectivity index (χ2v) is 23.8. The Morgan fingerprint density at radius 2 is 0.476 bits per heavy atom. The van der Waals surface area contributed by atoms with Gasteiger partial charge < -0.3 is 14.2 Å². The van der Waals surface area contributed by atoms with Crippen molar-refractivity contribution in [3.63, 3.8) is 0 Å². The van der Waals surface area contributed by atoms with Gasteiger partial charge in [-0.25, -0.2) is 0 Å². The number of carbonyl (C=O) groups is 3. The van der Waals surface area contributed by atoms with Crippen molar-refractivity contribution < 1.29 is 28.6 Å². The van der Waals surface area contributed by atoms with E-state index < -0.39 is 6.10 Å². The monoisotopic (exact) mass is 1140 g/mol. The SMILES string of the molecule is CC/C=C\C/C=C\C/C=C\C/C=C\C/C=C\C/C=C\C/C=C\CCCCCCCC(=O)OC(COC(=O)CCCCCCCCC)COC(=O)CCCCCCCCCCCCCCCCCCCCCCCCCCCCCCCC. The molecule has 0 aromatic carbocycles. The van der Waals surface area contributed by atoms with Crippen LogP contribution in [0.15, 0.2) is 85.1 Å². The molecule has 0 fully saturated rings. The van der Waals surface area contributed by atoms with E-state index in [0.717, 1.165) is 122 Å². The highest BCUT2D eigenvalue weighted by Gasteiger charge is 2.19. The van der Waals surface area contributed by atoms with E-state index in [1.807, 2.05) is 0 Å². The van der Waals surface area contributed by atoms with Gasteiger partial charge in [0.25, 0.3) is 0 Å². The van der Waals surface area contributed by atoms with Crippen LogP contribution in [0.2, 0.25) is 0 Å². The van der Waals surface area contributed by atoms with Gasteiger partial charge in [-0.05, 0) is 77.0 Å². The molecule has 6 nitrogen and oxygen atoms in total. The summed E-state index contributed by atoms with van der Waals surface area (Å²) in [4.78, 5) is 38.2. The Kier molecular flexibility index (Phi) is 67.2. The number of carbonyl (C=O) groups excluding carboxylic acids is 3. The Bertz CT molecular complexity index is 1550.